The second kappa shape index (κ2) is 6.25. The Hall–Kier alpha value is -1.55. The lowest BCUT2D eigenvalue weighted by Crippen LogP contribution is -2.30. The third-order valence-corrected chi connectivity index (χ3v) is 2.72. The monoisotopic (exact) mass is 236 g/mol. The number of hydrogen-bond acceptors (Lipinski definition) is 3. The minimum absolute atomic E-state index is 0.146. The maximum Gasteiger partial charge on any atom is 0.234 e. The average molecular weight is 236 g/mol. The molecule has 0 fully saturated rings. The lowest BCUT2D eigenvalue weighted by molar-refractivity contribution is -0.121. The molecule has 1 aromatic rings. The number of rotatable bonds is 5. The van der Waals surface area contributed by atoms with Crippen molar-refractivity contribution in [2.45, 2.75) is 32.6 Å². The fourth-order valence-electron chi connectivity index (χ4n) is 1.72. The topological polar surface area (TPSA) is 64.3 Å². The number of amides is 1. The summed E-state index contributed by atoms with van der Waals surface area (Å²) in [6.07, 6.45) is 1.09. The van der Waals surface area contributed by atoms with Gasteiger partial charge < -0.3 is 4.74 Å². The van der Waals surface area contributed by atoms with Gasteiger partial charge in [0.15, 0.2) is 0 Å². The summed E-state index contributed by atoms with van der Waals surface area (Å²) in [5.74, 6) is 6.19. The number of carbonyl (C=O) groups excluding carboxylic acids is 1. The van der Waals surface area contributed by atoms with E-state index in [1.807, 2.05) is 12.1 Å². The Bertz CT molecular complexity index is 389. The number of hydrazine groups is 1. The molecule has 1 aromatic carbocycles. The first kappa shape index (κ1) is 13.5. The van der Waals surface area contributed by atoms with Crippen molar-refractivity contribution in [1.82, 2.24) is 5.43 Å². The van der Waals surface area contributed by atoms with Gasteiger partial charge in [0.25, 0.3) is 0 Å². The Morgan fingerprint density at radius 3 is 2.71 bits per heavy atom. The summed E-state index contributed by atoms with van der Waals surface area (Å²) in [5.41, 5.74) is 4.42. The second-order valence-electron chi connectivity index (χ2n) is 4.30. The van der Waals surface area contributed by atoms with E-state index in [1.165, 1.54) is 0 Å². The van der Waals surface area contributed by atoms with Crippen LogP contribution >= 0.6 is 0 Å². The highest BCUT2D eigenvalue weighted by Crippen LogP contribution is 2.27. The zero-order valence-electron chi connectivity index (χ0n) is 10.6. The van der Waals surface area contributed by atoms with Crippen LogP contribution in [0.4, 0.5) is 0 Å². The molecule has 3 N–H and O–H groups in total. The molecule has 0 unspecified atom stereocenters. The smallest absolute Gasteiger partial charge is 0.234 e. The normalized spacial score (nSPS) is 10.4. The molecule has 0 saturated carbocycles. The molecule has 4 nitrogen and oxygen atoms in total. The Kier molecular flexibility index (Phi) is 4.97. The molecule has 0 aromatic heterocycles. The number of nitrogens with one attached hydrogen (secondary N) is 1. The second-order valence-corrected chi connectivity index (χ2v) is 4.30. The summed E-state index contributed by atoms with van der Waals surface area (Å²) in [4.78, 5) is 11.1. The Balaban J connectivity index is 2.81. The molecule has 0 heterocycles. The maximum atomic E-state index is 11.1. The van der Waals surface area contributed by atoms with Crippen LogP contribution in [0.2, 0.25) is 0 Å². The third kappa shape index (κ3) is 3.75. The summed E-state index contributed by atoms with van der Waals surface area (Å²) < 4.78 is 5.31. The molecule has 0 saturated heterocycles. The highest BCUT2D eigenvalue weighted by Gasteiger charge is 2.09. The highest BCUT2D eigenvalue weighted by atomic mass is 16.5. The lowest BCUT2D eigenvalue weighted by atomic mass is 9.98. The highest BCUT2D eigenvalue weighted by molar-refractivity contribution is 5.75. The van der Waals surface area contributed by atoms with Gasteiger partial charge in [-0.3, -0.25) is 10.2 Å². The molecular weight excluding hydrogens is 216 g/mol. The minimum atomic E-state index is -0.146. The summed E-state index contributed by atoms with van der Waals surface area (Å²) in [5, 5.41) is 0. The summed E-state index contributed by atoms with van der Waals surface area (Å²) in [7, 11) is 1.67. The van der Waals surface area contributed by atoms with Crippen molar-refractivity contribution >= 4 is 5.91 Å². The van der Waals surface area contributed by atoms with E-state index in [9.17, 15) is 4.79 Å². The van der Waals surface area contributed by atoms with Crippen LogP contribution < -0.4 is 16.0 Å². The Morgan fingerprint density at radius 1 is 1.47 bits per heavy atom. The molecule has 17 heavy (non-hydrogen) atoms. The average Bonchev–Trinajstić information content (AvgIpc) is 2.35. The molecule has 1 amide bonds. The van der Waals surface area contributed by atoms with Crippen molar-refractivity contribution in [3.05, 3.63) is 29.3 Å². The van der Waals surface area contributed by atoms with Gasteiger partial charge in [0.2, 0.25) is 5.91 Å². The van der Waals surface area contributed by atoms with Crippen LogP contribution in [0.25, 0.3) is 0 Å². The Morgan fingerprint density at radius 2 is 2.18 bits per heavy atom. The van der Waals surface area contributed by atoms with Gasteiger partial charge in [-0.15, -0.1) is 0 Å². The first-order chi connectivity index (χ1) is 8.08. The molecule has 0 aliphatic rings. The van der Waals surface area contributed by atoms with Gasteiger partial charge in [-0.25, -0.2) is 5.84 Å². The van der Waals surface area contributed by atoms with Crippen molar-refractivity contribution in [2.24, 2.45) is 5.84 Å². The van der Waals surface area contributed by atoms with Crippen LogP contribution in [-0.2, 0) is 11.2 Å². The number of ether oxygens (including phenoxy) is 1. The molecule has 0 aliphatic heterocycles. The van der Waals surface area contributed by atoms with E-state index in [-0.39, 0.29) is 5.91 Å². The minimum Gasteiger partial charge on any atom is -0.496 e. The maximum absolute atomic E-state index is 11.1. The fourth-order valence-corrected chi connectivity index (χ4v) is 1.72. The van der Waals surface area contributed by atoms with E-state index in [4.69, 9.17) is 10.6 Å². The molecular formula is C13H20N2O2. The van der Waals surface area contributed by atoms with E-state index in [0.717, 1.165) is 16.9 Å². The molecule has 0 spiro atoms. The molecule has 0 bridgehead atoms. The summed E-state index contributed by atoms with van der Waals surface area (Å²) in [6.45, 7) is 4.24. The van der Waals surface area contributed by atoms with Crippen LogP contribution in [0.5, 0.6) is 5.75 Å². The zero-order chi connectivity index (χ0) is 12.8. The van der Waals surface area contributed by atoms with Gasteiger partial charge in [-0.1, -0.05) is 26.0 Å². The summed E-state index contributed by atoms with van der Waals surface area (Å²) >= 11 is 0. The van der Waals surface area contributed by atoms with Crippen molar-refractivity contribution in [3.8, 4) is 5.75 Å². The fraction of sp³-hybridized carbons (Fsp3) is 0.462. The van der Waals surface area contributed by atoms with Crippen molar-refractivity contribution in [2.75, 3.05) is 7.11 Å². The van der Waals surface area contributed by atoms with Crippen LogP contribution in [0.3, 0.4) is 0 Å². The predicted octanol–water partition coefficient (Wildman–Crippen LogP) is 1.74. The Labute approximate surface area is 102 Å². The zero-order valence-corrected chi connectivity index (χ0v) is 10.6. The number of nitrogens with two attached hydrogens (primary N) is 1. The molecule has 0 radical (unpaired) electrons. The molecule has 0 aliphatic carbocycles. The quantitative estimate of drug-likeness (QED) is 0.465. The largest absolute Gasteiger partial charge is 0.496 e. The molecule has 4 heteroatoms. The standard InChI is InChI=1S/C13H20N2O2/c1-9(2)11-8-10(4-6-12(11)17-3)5-7-13(16)15-14/h4,6,8-9H,5,7,14H2,1-3H3,(H,15,16). The van der Waals surface area contributed by atoms with Crippen LogP contribution in [0.15, 0.2) is 18.2 Å². The number of carbonyl (C=O) groups is 1. The van der Waals surface area contributed by atoms with E-state index >= 15 is 0 Å². The predicted molar refractivity (Wildman–Crippen MR) is 67.7 cm³/mol. The third-order valence-electron chi connectivity index (χ3n) is 2.72. The van der Waals surface area contributed by atoms with Crippen LogP contribution in [0.1, 0.15) is 37.3 Å². The SMILES string of the molecule is COc1ccc(CCC(=O)NN)cc1C(C)C. The first-order valence-corrected chi connectivity index (χ1v) is 5.74. The van der Waals surface area contributed by atoms with Crippen molar-refractivity contribution < 1.29 is 9.53 Å². The van der Waals surface area contributed by atoms with Gasteiger partial charge in [0.05, 0.1) is 7.11 Å². The lowest BCUT2D eigenvalue weighted by Gasteiger charge is -2.13. The molecule has 1 rings (SSSR count). The van der Waals surface area contributed by atoms with E-state index in [1.54, 1.807) is 7.11 Å². The number of hydrogen-bond donors (Lipinski definition) is 2. The number of aryl methyl sites for hydroxylation is 1. The molecule has 0 atom stereocenters. The summed E-state index contributed by atoms with van der Waals surface area (Å²) in [6, 6.07) is 6.02. The molecule has 94 valence electrons. The van der Waals surface area contributed by atoms with Crippen LogP contribution in [-0.4, -0.2) is 13.0 Å². The number of benzene rings is 1. The van der Waals surface area contributed by atoms with E-state index < -0.39 is 0 Å². The van der Waals surface area contributed by atoms with Gasteiger partial charge in [-0.2, -0.15) is 0 Å². The van der Waals surface area contributed by atoms with Gasteiger partial charge in [0, 0.05) is 6.42 Å². The van der Waals surface area contributed by atoms with Crippen molar-refractivity contribution in [3.63, 3.8) is 0 Å². The van der Waals surface area contributed by atoms with Gasteiger partial charge >= 0.3 is 0 Å². The van der Waals surface area contributed by atoms with Gasteiger partial charge in [0.1, 0.15) is 5.75 Å². The van der Waals surface area contributed by atoms with E-state index in [2.05, 4.69) is 25.3 Å². The first-order valence-electron chi connectivity index (χ1n) is 5.74. The van der Waals surface area contributed by atoms with Crippen LogP contribution in [0, 0.1) is 0 Å². The number of methoxy groups -OCH3 is 1. The van der Waals surface area contributed by atoms with Crippen molar-refractivity contribution in [1.29, 1.82) is 0 Å². The van der Waals surface area contributed by atoms with Gasteiger partial charge in [-0.05, 0) is 29.5 Å². The van der Waals surface area contributed by atoms with E-state index in [0.29, 0.717) is 18.8 Å².